The first-order valence-electron chi connectivity index (χ1n) is 10.0. The summed E-state index contributed by atoms with van der Waals surface area (Å²) in [6, 6.07) is 12.2. The monoisotopic (exact) mass is 425 g/mol. The molecule has 0 bridgehead atoms. The number of anilines is 3. The van der Waals surface area contributed by atoms with Gasteiger partial charge >= 0.3 is 12.1 Å². The van der Waals surface area contributed by atoms with Crippen LogP contribution in [0.25, 0.3) is 0 Å². The second-order valence-electron chi connectivity index (χ2n) is 8.19. The molecule has 8 nitrogen and oxygen atoms in total. The standard InChI is InChI=1S/C23H27N3O5/c1-23(2)12-11-15-18(26(23)22(29)30)10-9-17(20(15)24)25-19(27)13-16(21(28)31-3)14-7-5-4-6-8-14/h4-10,16H,11-13,24H2,1-3H3,(H,25,27)(H,29,30). The van der Waals surface area contributed by atoms with Crippen molar-refractivity contribution in [3.63, 3.8) is 0 Å². The summed E-state index contributed by atoms with van der Waals surface area (Å²) in [4.78, 5) is 38.1. The van der Waals surface area contributed by atoms with E-state index in [1.165, 1.54) is 12.0 Å². The zero-order valence-corrected chi connectivity index (χ0v) is 17.8. The molecule has 0 aliphatic carbocycles. The summed E-state index contributed by atoms with van der Waals surface area (Å²) in [5.41, 5.74) is 8.37. The van der Waals surface area contributed by atoms with Crippen LogP contribution in [0.1, 0.15) is 43.7 Å². The van der Waals surface area contributed by atoms with E-state index in [2.05, 4.69) is 5.32 Å². The zero-order valence-electron chi connectivity index (χ0n) is 17.8. The lowest BCUT2D eigenvalue weighted by Crippen LogP contribution is -2.50. The molecule has 1 aliphatic rings. The molecule has 2 aromatic rings. The van der Waals surface area contributed by atoms with Crippen LogP contribution in [0.3, 0.4) is 0 Å². The molecule has 8 heteroatoms. The molecule has 164 valence electrons. The van der Waals surface area contributed by atoms with Gasteiger partial charge in [0.2, 0.25) is 5.91 Å². The number of benzene rings is 2. The Kier molecular flexibility index (Phi) is 6.19. The summed E-state index contributed by atoms with van der Waals surface area (Å²) < 4.78 is 4.86. The molecule has 0 aromatic heterocycles. The summed E-state index contributed by atoms with van der Waals surface area (Å²) in [5, 5.41) is 12.4. The van der Waals surface area contributed by atoms with E-state index in [-0.39, 0.29) is 6.42 Å². The smallest absolute Gasteiger partial charge is 0.412 e. The molecule has 2 amide bonds. The van der Waals surface area contributed by atoms with Crippen molar-refractivity contribution >= 4 is 35.0 Å². The van der Waals surface area contributed by atoms with Gasteiger partial charge in [-0.1, -0.05) is 30.3 Å². The molecule has 4 N–H and O–H groups in total. The van der Waals surface area contributed by atoms with Gasteiger partial charge in [-0.2, -0.15) is 0 Å². The number of hydrogen-bond acceptors (Lipinski definition) is 5. The van der Waals surface area contributed by atoms with E-state index in [9.17, 15) is 19.5 Å². The van der Waals surface area contributed by atoms with E-state index in [1.54, 1.807) is 36.4 Å². The number of amides is 2. The highest BCUT2D eigenvalue weighted by atomic mass is 16.5. The molecular formula is C23H27N3O5. The fourth-order valence-electron chi connectivity index (χ4n) is 4.02. The summed E-state index contributed by atoms with van der Waals surface area (Å²) in [6.07, 6.45) is 0.0375. The Morgan fingerprint density at radius 3 is 2.48 bits per heavy atom. The number of nitrogen functional groups attached to an aromatic ring is 1. The van der Waals surface area contributed by atoms with Crippen LogP contribution in [0.15, 0.2) is 42.5 Å². The number of ether oxygens (including phenoxy) is 1. The molecule has 1 heterocycles. The molecule has 0 saturated heterocycles. The number of nitrogens with zero attached hydrogens (tertiary/aromatic N) is 1. The number of carbonyl (C=O) groups is 3. The Morgan fingerprint density at radius 2 is 1.87 bits per heavy atom. The topological polar surface area (TPSA) is 122 Å². The van der Waals surface area contributed by atoms with Gasteiger partial charge in [-0.3, -0.25) is 14.5 Å². The first kappa shape index (κ1) is 22.1. The van der Waals surface area contributed by atoms with Crippen molar-refractivity contribution < 1.29 is 24.2 Å². The number of carbonyl (C=O) groups excluding carboxylic acids is 2. The van der Waals surface area contributed by atoms with Crippen LogP contribution in [0.2, 0.25) is 0 Å². The molecule has 0 fully saturated rings. The van der Waals surface area contributed by atoms with E-state index in [0.717, 1.165) is 0 Å². The fourth-order valence-corrected chi connectivity index (χ4v) is 4.02. The molecule has 31 heavy (non-hydrogen) atoms. The number of hydrogen-bond donors (Lipinski definition) is 3. The maximum Gasteiger partial charge on any atom is 0.412 e. The average Bonchev–Trinajstić information content (AvgIpc) is 2.73. The minimum atomic E-state index is -1.05. The van der Waals surface area contributed by atoms with Crippen molar-refractivity contribution in [3.05, 3.63) is 53.6 Å². The van der Waals surface area contributed by atoms with Crippen molar-refractivity contribution in [2.45, 2.75) is 44.6 Å². The third-order valence-electron chi connectivity index (χ3n) is 5.71. The first-order valence-corrected chi connectivity index (χ1v) is 10.0. The number of fused-ring (bicyclic) bond motifs is 1. The van der Waals surface area contributed by atoms with Crippen molar-refractivity contribution in [2.24, 2.45) is 0 Å². The Hall–Kier alpha value is -3.55. The minimum absolute atomic E-state index is 0.110. The molecular weight excluding hydrogens is 398 g/mol. The number of rotatable bonds is 5. The van der Waals surface area contributed by atoms with Crippen LogP contribution in [-0.2, 0) is 20.7 Å². The second-order valence-corrected chi connectivity index (χ2v) is 8.19. The third-order valence-corrected chi connectivity index (χ3v) is 5.71. The molecule has 2 aromatic carbocycles. The number of nitrogens with two attached hydrogens (primary N) is 1. The Morgan fingerprint density at radius 1 is 1.19 bits per heavy atom. The number of methoxy groups -OCH3 is 1. The lowest BCUT2D eigenvalue weighted by molar-refractivity contribution is -0.143. The zero-order chi connectivity index (χ0) is 22.8. The summed E-state index contributed by atoms with van der Waals surface area (Å²) in [7, 11) is 1.29. The molecule has 3 rings (SSSR count). The molecule has 0 radical (unpaired) electrons. The van der Waals surface area contributed by atoms with Gasteiger partial charge in [-0.05, 0) is 44.4 Å². The predicted molar refractivity (Wildman–Crippen MR) is 118 cm³/mol. The predicted octanol–water partition coefficient (Wildman–Crippen LogP) is 3.76. The van der Waals surface area contributed by atoms with E-state index >= 15 is 0 Å². The van der Waals surface area contributed by atoms with Gasteiger partial charge in [0, 0.05) is 17.5 Å². The summed E-state index contributed by atoms with van der Waals surface area (Å²) in [5.74, 6) is -1.63. The van der Waals surface area contributed by atoms with Crippen LogP contribution in [0, 0.1) is 0 Å². The number of carboxylic acid groups (broad SMARTS) is 1. The van der Waals surface area contributed by atoms with Crippen LogP contribution in [-0.4, -0.2) is 35.7 Å². The van der Waals surface area contributed by atoms with Crippen molar-refractivity contribution in [2.75, 3.05) is 23.1 Å². The third kappa shape index (κ3) is 4.47. The molecule has 0 saturated carbocycles. The highest BCUT2D eigenvalue weighted by Gasteiger charge is 2.38. The van der Waals surface area contributed by atoms with Crippen molar-refractivity contribution in [1.82, 2.24) is 0 Å². The van der Waals surface area contributed by atoms with Gasteiger partial charge in [-0.25, -0.2) is 4.79 Å². The number of nitrogens with one attached hydrogen (secondary N) is 1. The normalized spacial score (nSPS) is 15.5. The van der Waals surface area contributed by atoms with E-state index in [0.29, 0.717) is 41.0 Å². The lowest BCUT2D eigenvalue weighted by Gasteiger charge is -2.42. The van der Waals surface area contributed by atoms with Crippen LogP contribution in [0.5, 0.6) is 0 Å². The lowest BCUT2D eigenvalue weighted by atomic mass is 9.86. The van der Waals surface area contributed by atoms with Crippen LogP contribution >= 0.6 is 0 Å². The highest BCUT2D eigenvalue weighted by Crippen LogP contribution is 2.42. The summed E-state index contributed by atoms with van der Waals surface area (Å²) in [6.45, 7) is 3.74. The van der Waals surface area contributed by atoms with Crippen molar-refractivity contribution in [1.29, 1.82) is 0 Å². The molecule has 1 unspecified atom stereocenters. The Bertz CT molecular complexity index is 1000. The molecule has 1 atom stereocenters. The van der Waals surface area contributed by atoms with Gasteiger partial charge in [0.05, 0.1) is 30.1 Å². The second kappa shape index (κ2) is 8.67. The Balaban J connectivity index is 1.84. The van der Waals surface area contributed by atoms with Gasteiger partial charge in [0.15, 0.2) is 0 Å². The van der Waals surface area contributed by atoms with Gasteiger partial charge in [-0.15, -0.1) is 0 Å². The Labute approximate surface area is 181 Å². The SMILES string of the molecule is COC(=O)C(CC(=O)Nc1ccc2c(c1N)CCC(C)(C)N2C(=O)O)c1ccccc1. The van der Waals surface area contributed by atoms with Crippen LogP contribution < -0.4 is 16.0 Å². The van der Waals surface area contributed by atoms with E-state index in [4.69, 9.17) is 10.5 Å². The van der Waals surface area contributed by atoms with Crippen molar-refractivity contribution in [3.8, 4) is 0 Å². The fraction of sp³-hybridized carbons (Fsp3) is 0.348. The maximum absolute atomic E-state index is 12.7. The minimum Gasteiger partial charge on any atom is -0.469 e. The first-order chi connectivity index (χ1) is 14.7. The van der Waals surface area contributed by atoms with Gasteiger partial charge < -0.3 is 20.9 Å². The van der Waals surface area contributed by atoms with E-state index < -0.39 is 29.4 Å². The molecule has 0 spiro atoms. The molecule has 1 aliphatic heterocycles. The van der Waals surface area contributed by atoms with E-state index in [1.807, 2.05) is 19.9 Å². The quantitative estimate of drug-likeness (QED) is 0.495. The van der Waals surface area contributed by atoms with Gasteiger partial charge in [0.25, 0.3) is 0 Å². The summed E-state index contributed by atoms with van der Waals surface area (Å²) >= 11 is 0. The average molecular weight is 425 g/mol. The number of esters is 1. The maximum atomic E-state index is 12.7. The largest absolute Gasteiger partial charge is 0.469 e. The van der Waals surface area contributed by atoms with Crippen LogP contribution in [0.4, 0.5) is 21.9 Å². The highest BCUT2D eigenvalue weighted by molar-refractivity contribution is 5.99. The van der Waals surface area contributed by atoms with Gasteiger partial charge in [0.1, 0.15) is 0 Å².